The van der Waals surface area contributed by atoms with Gasteiger partial charge in [-0.1, -0.05) is 35.9 Å². The number of carbonyl (C=O) groups excluding carboxylic acids is 2. The predicted molar refractivity (Wildman–Crippen MR) is 164 cm³/mol. The van der Waals surface area contributed by atoms with Gasteiger partial charge in [-0.15, -0.1) is 23.4 Å². The number of aromatic nitrogens is 7. The fourth-order valence-corrected chi connectivity index (χ4v) is 5.21. The van der Waals surface area contributed by atoms with Gasteiger partial charge in [0.2, 0.25) is 0 Å². The number of hydrogen-bond donors (Lipinski definition) is 2. The van der Waals surface area contributed by atoms with Crippen LogP contribution in [0.4, 0.5) is 32.0 Å². The van der Waals surface area contributed by atoms with Gasteiger partial charge in [0.15, 0.2) is 5.82 Å². The van der Waals surface area contributed by atoms with Crippen molar-refractivity contribution in [3.05, 3.63) is 103 Å². The van der Waals surface area contributed by atoms with Crippen LogP contribution in [0, 0.1) is 10.5 Å². The number of halogens is 8. The number of alkyl halides is 6. The number of nitrogens with one attached hydrogen (secondary N) is 2. The number of tetrazole rings is 1. The van der Waals surface area contributed by atoms with Gasteiger partial charge in [-0.3, -0.25) is 9.59 Å². The van der Waals surface area contributed by atoms with E-state index < -0.39 is 42.5 Å². The second kappa shape index (κ2) is 13.7. The van der Waals surface area contributed by atoms with E-state index >= 15 is 0 Å². The molecule has 3 aromatic heterocycles. The molecule has 0 aliphatic heterocycles. The molecule has 0 spiro atoms. The number of rotatable bonds is 9. The molecule has 0 atom stereocenters. The van der Waals surface area contributed by atoms with Crippen LogP contribution in [-0.2, 0) is 19.3 Å². The van der Waals surface area contributed by atoms with Gasteiger partial charge in [-0.05, 0) is 70.6 Å². The molecule has 3 heterocycles. The molecule has 0 saturated heterocycles. The van der Waals surface area contributed by atoms with Gasteiger partial charge in [0, 0.05) is 21.9 Å². The molecular formula is C28H19ClF6IN9O3. The van der Waals surface area contributed by atoms with Crippen LogP contribution in [0.2, 0.25) is 5.02 Å². The Bertz CT molecular complexity index is 2000. The third-order valence-corrected chi connectivity index (χ3v) is 7.60. The first-order valence-corrected chi connectivity index (χ1v) is 14.8. The zero-order valence-electron chi connectivity index (χ0n) is 24.1. The standard InChI is InChI=1S/C28H19ClF6IN9O3/c1-14-8-9-18(36)21(25(47)38-12-15-5-2-3-7-20(15)48-28(33,34)35)22(14)39-24(46)19-11-16(13-44-42-26(40-43-44)27(30,31)32)41-45(19)23-17(29)6-4-10-37-23/h2-11H,12-13H2,1H3,(H,38,47)(H,39,46). The third kappa shape index (κ3) is 8.01. The van der Waals surface area contributed by atoms with Crippen LogP contribution in [0.3, 0.4) is 0 Å². The Labute approximate surface area is 284 Å². The quantitative estimate of drug-likeness (QED) is 0.137. The van der Waals surface area contributed by atoms with Gasteiger partial charge in [-0.25, -0.2) is 9.67 Å². The van der Waals surface area contributed by atoms with Gasteiger partial charge in [0.1, 0.15) is 18.0 Å². The predicted octanol–water partition coefficient (Wildman–Crippen LogP) is 5.97. The average Bonchev–Trinajstić information content (AvgIpc) is 3.66. The Morgan fingerprint density at radius 3 is 2.44 bits per heavy atom. The van der Waals surface area contributed by atoms with Crippen molar-refractivity contribution in [3.63, 3.8) is 0 Å². The molecule has 2 amide bonds. The highest BCUT2D eigenvalue weighted by Crippen LogP contribution is 2.30. The van der Waals surface area contributed by atoms with Crippen molar-refractivity contribution in [2.75, 3.05) is 5.32 Å². The zero-order chi connectivity index (χ0) is 34.8. The van der Waals surface area contributed by atoms with Crippen molar-refractivity contribution in [2.24, 2.45) is 0 Å². The van der Waals surface area contributed by atoms with Gasteiger partial charge < -0.3 is 15.4 Å². The van der Waals surface area contributed by atoms with Crippen molar-refractivity contribution in [1.82, 2.24) is 40.3 Å². The van der Waals surface area contributed by atoms with E-state index in [0.29, 0.717) is 13.9 Å². The Morgan fingerprint density at radius 2 is 1.75 bits per heavy atom. The van der Waals surface area contributed by atoms with Crippen LogP contribution in [0.25, 0.3) is 5.82 Å². The maximum Gasteiger partial charge on any atom is 0.573 e. The topological polar surface area (TPSA) is 142 Å². The number of anilines is 1. The number of aryl methyl sites for hydroxylation is 1. The summed E-state index contributed by atoms with van der Waals surface area (Å²) in [5.41, 5.74) is 0.424. The molecule has 20 heteroatoms. The number of nitrogens with zero attached hydrogens (tertiary/aromatic N) is 7. The molecule has 0 radical (unpaired) electrons. The number of para-hydroxylation sites is 1. The van der Waals surface area contributed by atoms with Crippen molar-refractivity contribution >= 4 is 51.7 Å². The van der Waals surface area contributed by atoms with E-state index in [1.54, 1.807) is 19.1 Å². The van der Waals surface area contributed by atoms with Gasteiger partial charge in [0.25, 0.3) is 17.6 Å². The minimum Gasteiger partial charge on any atom is -0.405 e. The minimum atomic E-state index is -4.95. The SMILES string of the molecule is Cc1ccc(I)c(C(=O)NCc2ccccc2OC(F)(F)F)c1NC(=O)c1cc(Cn2nnc(C(F)(F)F)n2)nn1-c1ncccc1Cl. The Morgan fingerprint density at radius 1 is 1.00 bits per heavy atom. The Hall–Kier alpha value is -4.79. The van der Waals surface area contributed by atoms with E-state index in [1.807, 2.05) is 22.6 Å². The molecule has 5 rings (SSSR count). The lowest BCUT2D eigenvalue weighted by atomic mass is 10.1. The molecule has 0 aliphatic carbocycles. The molecule has 250 valence electrons. The van der Waals surface area contributed by atoms with Crippen LogP contribution in [-0.4, -0.2) is 53.1 Å². The van der Waals surface area contributed by atoms with Crippen molar-refractivity contribution in [2.45, 2.75) is 32.6 Å². The highest BCUT2D eigenvalue weighted by atomic mass is 127. The molecule has 5 aromatic rings. The molecular weight excluding hydrogens is 787 g/mol. The number of carbonyl (C=O) groups is 2. The summed E-state index contributed by atoms with van der Waals surface area (Å²) in [6.45, 7) is 0.849. The molecule has 12 nitrogen and oxygen atoms in total. The third-order valence-electron chi connectivity index (χ3n) is 6.41. The fourth-order valence-electron chi connectivity index (χ4n) is 4.31. The molecule has 0 bridgehead atoms. The maximum absolute atomic E-state index is 13.8. The van der Waals surface area contributed by atoms with E-state index in [4.69, 9.17) is 11.6 Å². The molecule has 0 unspecified atom stereocenters. The molecule has 2 N–H and O–H groups in total. The van der Waals surface area contributed by atoms with Crippen molar-refractivity contribution < 1.29 is 40.7 Å². The van der Waals surface area contributed by atoms with Crippen LogP contribution in [0.15, 0.2) is 60.8 Å². The van der Waals surface area contributed by atoms with Gasteiger partial charge in [-0.2, -0.15) is 23.1 Å². The number of hydrogen-bond acceptors (Lipinski definition) is 8. The number of amides is 2. The first-order chi connectivity index (χ1) is 22.6. The molecule has 0 saturated carbocycles. The molecule has 2 aromatic carbocycles. The zero-order valence-corrected chi connectivity index (χ0v) is 27.0. The van der Waals surface area contributed by atoms with E-state index in [2.05, 4.69) is 40.9 Å². The molecule has 0 aliphatic rings. The number of ether oxygens (including phenoxy) is 1. The highest BCUT2D eigenvalue weighted by molar-refractivity contribution is 14.1. The number of benzene rings is 2. The summed E-state index contributed by atoms with van der Waals surface area (Å²) >= 11 is 8.19. The lowest BCUT2D eigenvalue weighted by molar-refractivity contribution is -0.274. The van der Waals surface area contributed by atoms with Crippen molar-refractivity contribution in [3.8, 4) is 11.6 Å². The van der Waals surface area contributed by atoms with E-state index in [-0.39, 0.29) is 45.6 Å². The fraction of sp³-hybridized carbons (Fsp3) is 0.179. The monoisotopic (exact) mass is 805 g/mol. The second-order valence-corrected chi connectivity index (χ2v) is 11.4. The van der Waals surface area contributed by atoms with Crippen molar-refractivity contribution in [1.29, 1.82) is 0 Å². The molecule has 48 heavy (non-hydrogen) atoms. The smallest absolute Gasteiger partial charge is 0.405 e. The second-order valence-electron chi connectivity index (χ2n) is 9.79. The van der Waals surface area contributed by atoms with Crippen LogP contribution >= 0.6 is 34.2 Å². The summed E-state index contributed by atoms with van der Waals surface area (Å²) in [4.78, 5) is 32.1. The summed E-state index contributed by atoms with van der Waals surface area (Å²) in [5.74, 6) is -3.49. The van der Waals surface area contributed by atoms with E-state index in [9.17, 15) is 35.9 Å². The lowest BCUT2D eigenvalue weighted by Gasteiger charge is -2.17. The Kier molecular flexibility index (Phi) is 9.89. The largest absolute Gasteiger partial charge is 0.573 e. The first kappa shape index (κ1) is 34.5. The summed E-state index contributed by atoms with van der Waals surface area (Å²) in [5, 5.41) is 19.3. The highest BCUT2D eigenvalue weighted by Gasteiger charge is 2.37. The van der Waals surface area contributed by atoms with Gasteiger partial charge >= 0.3 is 12.5 Å². The average molecular weight is 806 g/mol. The normalized spacial score (nSPS) is 11.8. The summed E-state index contributed by atoms with van der Waals surface area (Å²) in [7, 11) is 0. The first-order valence-electron chi connectivity index (χ1n) is 13.4. The van der Waals surface area contributed by atoms with Crippen LogP contribution < -0.4 is 15.4 Å². The Balaban J connectivity index is 1.45. The minimum absolute atomic E-state index is 0.00632. The molecule has 0 fully saturated rings. The maximum atomic E-state index is 13.8. The van der Waals surface area contributed by atoms with E-state index in [0.717, 1.165) is 10.7 Å². The lowest BCUT2D eigenvalue weighted by Crippen LogP contribution is -2.27. The van der Waals surface area contributed by atoms with Crippen LogP contribution in [0.5, 0.6) is 5.75 Å². The summed E-state index contributed by atoms with van der Waals surface area (Å²) < 4.78 is 83.2. The summed E-state index contributed by atoms with van der Waals surface area (Å²) in [6.07, 6.45) is -8.41. The van der Waals surface area contributed by atoms with Crippen LogP contribution in [0.1, 0.15) is 43.5 Å². The van der Waals surface area contributed by atoms with Gasteiger partial charge in [0.05, 0.1) is 22.0 Å². The summed E-state index contributed by atoms with van der Waals surface area (Å²) in [6, 6.07) is 12.8. The number of pyridine rings is 1. The van der Waals surface area contributed by atoms with E-state index in [1.165, 1.54) is 42.6 Å².